The van der Waals surface area contributed by atoms with Crippen LogP contribution >= 0.6 is 0 Å². The number of amides is 2. The Morgan fingerprint density at radius 1 is 0.917 bits per heavy atom. The molecule has 1 aliphatic rings. The number of carbonyl (C=O) groups excluding carboxylic acids is 2. The molecule has 3 rings (SSSR count). The van der Waals surface area contributed by atoms with E-state index in [4.69, 9.17) is 14.2 Å². The van der Waals surface area contributed by atoms with Gasteiger partial charge in [0.2, 0.25) is 5.96 Å². The molecule has 0 N–H and O–H groups in total. The summed E-state index contributed by atoms with van der Waals surface area (Å²) in [6, 6.07) is 17.2. The van der Waals surface area contributed by atoms with Gasteiger partial charge in [0.25, 0.3) is 0 Å². The number of methoxy groups -OCH3 is 1. The van der Waals surface area contributed by atoms with Crippen molar-refractivity contribution in [1.82, 2.24) is 9.80 Å². The minimum atomic E-state index is -0.785. The van der Waals surface area contributed by atoms with Crippen molar-refractivity contribution in [2.75, 3.05) is 13.7 Å². The van der Waals surface area contributed by atoms with E-state index in [1.54, 1.807) is 48.7 Å². The van der Waals surface area contributed by atoms with Crippen LogP contribution in [0.4, 0.5) is 9.59 Å². The molecule has 0 bridgehead atoms. The number of rotatable bonds is 4. The topological polar surface area (TPSA) is 80.7 Å². The molecule has 2 aromatic carbocycles. The molecule has 36 heavy (non-hydrogen) atoms. The number of carbonyl (C=O) groups is 2. The zero-order valence-corrected chi connectivity index (χ0v) is 22.1. The van der Waals surface area contributed by atoms with Gasteiger partial charge in [0.1, 0.15) is 17.0 Å². The van der Waals surface area contributed by atoms with E-state index >= 15 is 0 Å². The molecule has 1 heterocycles. The van der Waals surface area contributed by atoms with Crippen molar-refractivity contribution in [2.45, 2.75) is 59.3 Å². The first-order valence-corrected chi connectivity index (χ1v) is 11.8. The van der Waals surface area contributed by atoms with Crippen LogP contribution in [0.2, 0.25) is 0 Å². The molecular weight excluding hydrogens is 458 g/mol. The summed E-state index contributed by atoms with van der Waals surface area (Å²) in [5.74, 6) is 0.888. The Balaban J connectivity index is 2.07. The van der Waals surface area contributed by atoms with Crippen molar-refractivity contribution in [3.63, 3.8) is 0 Å². The van der Waals surface area contributed by atoms with E-state index in [2.05, 4.69) is 4.99 Å². The molecule has 0 atom stereocenters. The van der Waals surface area contributed by atoms with Crippen LogP contribution in [-0.2, 0) is 16.0 Å². The Bertz CT molecular complexity index is 1130. The zero-order valence-electron chi connectivity index (χ0n) is 22.1. The normalized spacial score (nSPS) is 16.4. The molecule has 2 amide bonds. The van der Waals surface area contributed by atoms with E-state index in [0.717, 1.165) is 16.9 Å². The second kappa shape index (κ2) is 10.8. The van der Waals surface area contributed by atoms with Gasteiger partial charge in [0.05, 0.1) is 19.4 Å². The number of nitrogens with zero attached hydrogens (tertiary/aromatic N) is 3. The molecule has 0 radical (unpaired) electrons. The number of benzene rings is 2. The summed E-state index contributed by atoms with van der Waals surface area (Å²) in [6.45, 7) is 11.4. The summed E-state index contributed by atoms with van der Waals surface area (Å²) < 4.78 is 16.4. The Morgan fingerprint density at radius 3 is 2.08 bits per heavy atom. The van der Waals surface area contributed by atoms with Crippen molar-refractivity contribution in [1.29, 1.82) is 0 Å². The van der Waals surface area contributed by atoms with Gasteiger partial charge in [0.15, 0.2) is 0 Å². The third-order valence-corrected chi connectivity index (χ3v) is 4.95. The lowest BCUT2D eigenvalue weighted by Crippen LogP contribution is -2.41. The quantitative estimate of drug-likeness (QED) is 0.513. The van der Waals surface area contributed by atoms with Crippen LogP contribution in [-0.4, -0.2) is 52.8 Å². The fourth-order valence-electron chi connectivity index (χ4n) is 3.53. The number of ether oxygens (including phenoxy) is 3. The monoisotopic (exact) mass is 493 g/mol. The molecule has 1 saturated heterocycles. The summed E-state index contributed by atoms with van der Waals surface area (Å²) in [5.41, 5.74) is 1.02. The van der Waals surface area contributed by atoms with Crippen LogP contribution in [0, 0.1) is 0 Å². The minimum Gasteiger partial charge on any atom is -0.497 e. The largest absolute Gasteiger partial charge is 0.497 e. The van der Waals surface area contributed by atoms with Gasteiger partial charge in [-0.2, -0.15) is 0 Å². The van der Waals surface area contributed by atoms with Crippen LogP contribution in [0.3, 0.4) is 0 Å². The number of hydrogen-bond acceptors (Lipinski definition) is 5. The molecule has 0 unspecified atom stereocenters. The van der Waals surface area contributed by atoms with Crippen molar-refractivity contribution in [3.05, 3.63) is 71.4 Å². The SMILES string of the molecule is COc1ccc(CN2C/C(=C/c3ccccc3)N(C(=O)OC(C)(C)C)/C2=N/C(=O)OC(C)(C)C)cc1. The first-order valence-electron chi connectivity index (χ1n) is 11.8. The molecule has 8 nitrogen and oxygen atoms in total. The fraction of sp³-hybridized carbons (Fsp3) is 0.393. The van der Waals surface area contributed by atoms with Crippen molar-refractivity contribution in [3.8, 4) is 5.75 Å². The maximum Gasteiger partial charge on any atom is 0.437 e. The zero-order chi connectivity index (χ0) is 26.5. The van der Waals surface area contributed by atoms with Crippen molar-refractivity contribution >= 4 is 24.2 Å². The molecule has 0 spiro atoms. The van der Waals surface area contributed by atoms with Crippen molar-refractivity contribution < 1.29 is 23.8 Å². The van der Waals surface area contributed by atoms with Gasteiger partial charge < -0.3 is 19.1 Å². The van der Waals surface area contributed by atoms with Crippen LogP contribution in [0.1, 0.15) is 52.7 Å². The Labute approximate surface area is 213 Å². The summed E-state index contributed by atoms with van der Waals surface area (Å²) >= 11 is 0. The maximum absolute atomic E-state index is 13.4. The van der Waals surface area contributed by atoms with Gasteiger partial charge in [-0.25, -0.2) is 14.5 Å². The molecule has 192 valence electrons. The molecule has 1 fully saturated rings. The fourth-order valence-corrected chi connectivity index (χ4v) is 3.53. The highest BCUT2D eigenvalue weighted by atomic mass is 16.6. The summed E-state index contributed by atoms with van der Waals surface area (Å²) in [7, 11) is 1.61. The number of aliphatic imine (C=N–C) groups is 1. The minimum absolute atomic E-state index is 0.150. The van der Waals surface area contributed by atoms with Crippen LogP contribution in [0.25, 0.3) is 6.08 Å². The van der Waals surface area contributed by atoms with E-state index in [9.17, 15) is 9.59 Å². The highest BCUT2D eigenvalue weighted by Gasteiger charge is 2.39. The Morgan fingerprint density at radius 2 is 1.53 bits per heavy atom. The van der Waals surface area contributed by atoms with E-state index in [-0.39, 0.29) is 5.96 Å². The second-order valence-electron chi connectivity index (χ2n) is 10.5. The average Bonchev–Trinajstić information content (AvgIpc) is 3.08. The standard InChI is InChI=1S/C28H35N3O5/c1-27(2,3)35-25(32)29-24-30(18-21-13-15-23(34-7)16-14-21)19-22(17-20-11-9-8-10-12-20)31(24)26(33)36-28(4,5)6/h8-17H,18-19H2,1-7H3/b22-17-,29-24+. The lowest BCUT2D eigenvalue weighted by atomic mass is 10.2. The molecule has 8 heteroatoms. The smallest absolute Gasteiger partial charge is 0.437 e. The number of hydrogen-bond donors (Lipinski definition) is 0. The third kappa shape index (κ3) is 7.60. The summed E-state index contributed by atoms with van der Waals surface area (Å²) in [6.07, 6.45) is 0.485. The second-order valence-corrected chi connectivity index (χ2v) is 10.5. The predicted molar refractivity (Wildman–Crippen MR) is 140 cm³/mol. The van der Waals surface area contributed by atoms with E-state index in [0.29, 0.717) is 18.8 Å². The molecule has 1 aliphatic heterocycles. The first kappa shape index (κ1) is 26.8. The highest BCUT2D eigenvalue weighted by molar-refractivity contribution is 6.03. The van der Waals surface area contributed by atoms with Gasteiger partial charge >= 0.3 is 12.2 Å². The molecule has 0 saturated carbocycles. The van der Waals surface area contributed by atoms with E-state index < -0.39 is 23.4 Å². The molecule has 2 aromatic rings. The number of guanidine groups is 1. The highest BCUT2D eigenvalue weighted by Crippen LogP contribution is 2.27. The lowest BCUT2D eigenvalue weighted by Gasteiger charge is -2.26. The molecule has 0 aliphatic carbocycles. The van der Waals surface area contributed by atoms with Crippen molar-refractivity contribution in [2.24, 2.45) is 4.99 Å². The molecule has 0 aromatic heterocycles. The van der Waals surface area contributed by atoms with Crippen LogP contribution < -0.4 is 4.74 Å². The summed E-state index contributed by atoms with van der Waals surface area (Å²) in [5, 5.41) is 0. The Kier molecular flexibility index (Phi) is 8.07. The Hall–Kier alpha value is -3.81. The maximum atomic E-state index is 13.4. The molecular formula is C28H35N3O5. The lowest BCUT2D eigenvalue weighted by molar-refractivity contribution is 0.0416. The van der Waals surface area contributed by atoms with Crippen LogP contribution in [0.5, 0.6) is 5.75 Å². The van der Waals surface area contributed by atoms with Gasteiger partial charge in [-0.1, -0.05) is 42.5 Å². The first-order chi connectivity index (χ1) is 16.8. The van der Waals surface area contributed by atoms with Gasteiger partial charge in [-0.15, -0.1) is 4.99 Å². The summed E-state index contributed by atoms with van der Waals surface area (Å²) in [4.78, 5) is 33.6. The predicted octanol–water partition coefficient (Wildman–Crippen LogP) is 6.08. The van der Waals surface area contributed by atoms with Gasteiger partial charge in [-0.05, 0) is 70.9 Å². The third-order valence-electron chi connectivity index (χ3n) is 4.95. The van der Waals surface area contributed by atoms with Crippen LogP contribution in [0.15, 0.2) is 65.3 Å². The average molecular weight is 494 g/mol. The van der Waals surface area contributed by atoms with Gasteiger partial charge in [0, 0.05) is 6.54 Å². The van der Waals surface area contributed by atoms with E-state index in [1.807, 2.05) is 65.6 Å². The van der Waals surface area contributed by atoms with Gasteiger partial charge in [-0.3, -0.25) is 0 Å². The van der Waals surface area contributed by atoms with E-state index in [1.165, 1.54) is 4.90 Å².